The van der Waals surface area contributed by atoms with Gasteiger partial charge in [0, 0.05) is 0 Å². The first-order chi connectivity index (χ1) is 8.13. The van der Waals surface area contributed by atoms with E-state index < -0.39 is 0 Å². The highest BCUT2D eigenvalue weighted by atomic mass is 16.3. The van der Waals surface area contributed by atoms with E-state index in [2.05, 4.69) is 0 Å². The van der Waals surface area contributed by atoms with Crippen LogP contribution in [0.2, 0.25) is 0 Å². The van der Waals surface area contributed by atoms with Gasteiger partial charge in [-0.05, 0) is 26.0 Å². The SMILES string of the molecule is CC(C)=O.Oc1ccccc1.c1ccccc1. The molecule has 0 fully saturated rings. The summed E-state index contributed by atoms with van der Waals surface area (Å²) in [5.41, 5.74) is 0. The number of ketones is 1. The van der Waals surface area contributed by atoms with Gasteiger partial charge in [-0.15, -0.1) is 0 Å². The van der Waals surface area contributed by atoms with Crippen molar-refractivity contribution in [3.05, 3.63) is 66.7 Å². The quantitative estimate of drug-likeness (QED) is 0.749. The number of carbonyl (C=O) groups is 1. The van der Waals surface area contributed by atoms with Gasteiger partial charge >= 0.3 is 0 Å². The van der Waals surface area contributed by atoms with Crippen molar-refractivity contribution in [1.82, 2.24) is 0 Å². The van der Waals surface area contributed by atoms with Crippen molar-refractivity contribution in [1.29, 1.82) is 0 Å². The van der Waals surface area contributed by atoms with E-state index >= 15 is 0 Å². The van der Waals surface area contributed by atoms with Gasteiger partial charge in [-0.1, -0.05) is 54.6 Å². The van der Waals surface area contributed by atoms with Gasteiger partial charge in [0.1, 0.15) is 11.5 Å². The predicted molar refractivity (Wildman–Crippen MR) is 70.9 cm³/mol. The molecule has 0 aliphatic heterocycles. The van der Waals surface area contributed by atoms with Gasteiger partial charge in [0.25, 0.3) is 0 Å². The van der Waals surface area contributed by atoms with Crippen LogP contribution < -0.4 is 0 Å². The zero-order valence-electron chi connectivity index (χ0n) is 10.2. The van der Waals surface area contributed by atoms with Gasteiger partial charge in [0.05, 0.1) is 0 Å². The molecule has 1 N–H and O–H groups in total. The molecule has 0 heterocycles. The monoisotopic (exact) mass is 230 g/mol. The molecule has 0 saturated heterocycles. The van der Waals surface area contributed by atoms with Crippen molar-refractivity contribution in [2.75, 3.05) is 0 Å². The lowest BCUT2D eigenvalue weighted by molar-refractivity contribution is -0.114. The van der Waals surface area contributed by atoms with E-state index in [0.29, 0.717) is 5.75 Å². The summed E-state index contributed by atoms with van der Waals surface area (Å²) in [6.07, 6.45) is 0. The average molecular weight is 230 g/mol. The molecule has 2 aromatic rings. The van der Waals surface area contributed by atoms with Gasteiger partial charge < -0.3 is 9.90 Å². The van der Waals surface area contributed by atoms with Crippen LogP contribution in [0.3, 0.4) is 0 Å². The number of aromatic hydroxyl groups is 1. The van der Waals surface area contributed by atoms with Gasteiger partial charge in [-0.25, -0.2) is 0 Å². The molecule has 0 saturated carbocycles. The summed E-state index contributed by atoms with van der Waals surface area (Å²) in [6.45, 7) is 3.06. The van der Waals surface area contributed by atoms with Gasteiger partial charge in [-0.2, -0.15) is 0 Å². The Balaban J connectivity index is 0.000000236. The van der Waals surface area contributed by atoms with Crippen LogP contribution in [0, 0.1) is 0 Å². The van der Waals surface area contributed by atoms with E-state index in [0.717, 1.165) is 0 Å². The molecule has 2 nitrogen and oxygen atoms in total. The number of hydrogen-bond acceptors (Lipinski definition) is 2. The molecule has 0 aliphatic carbocycles. The second-order valence-corrected chi connectivity index (χ2v) is 3.40. The number of para-hydroxylation sites is 1. The van der Waals surface area contributed by atoms with Crippen molar-refractivity contribution >= 4 is 5.78 Å². The van der Waals surface area contributed by atoms with E-state index in [-0.39, 0.29) is 5.78 Å². The van der Waals surface area contributed by atoms with Crippen molar-refractivity contribution in [3.8, 4) is 5.75 Å². The summed E-state index contributed by atoms with van der Waals surface area (Å²) >= 11 is 0. The zero-order valence-corrected chi connectivity index (χ0v) is 10.2. The molecule has 0 atom stereocenters. The molecule has 2 aromatic carbocycles. The largest absolute Gasteiger partial charge is 0.508 e. The summed E-state index contributed by atoms with van der Waals surface area (Å²) in [5.74, 6) is 0.488. The maximum atomic E-state index is 9.44. The van der Waals surface area contributed by atoms with E-state index in [1.807, 2.05) is 42.5 Å². The lowest BCUT2D eigenvalue weighted by Gasteiger charge is -1.82. The van der Waals surface area contributed by atoms with Gasteiger partial charge in [0.15, 0.2) is 0 Å². The molecule has 0 bridgehead atoms. The highest BCUT2D eigenvalue weighted by molar-refractivity contribution is 5.72. The normalized spacial score (nSPS) is 7.88. The summed E-state index contributed by atoms with van der Waals surface area (Å²) in [6, 6.07) is 20.7. The lowest BCUT2D eigenvalue weighted by Crippen LogP contribution is -1.69. The first-order valence-corrected chi connectivity index (χ1v) is 5.34. The molecule has 2 heteroatoms. The molecule has 0 radical (unpaired) electrons. The standard InChI is InChI=1S/C6H6O.C6H6.C3H6O/c7-6-4-2-1-3-5-6;1-2-4-6-5-3-1;1-3(2)4/h1-5,7H;1-6H;1-2H3. The third-order valence-corrected chi connectivity index (χ3v) is 1.42. The zero-order chi connectivity index (χ0) is 12.9. The van der Waals surface area contributed by atoms with Crippen LogP contribution in [0.15, 0.2) is 66.7 Å². The molecule has 0 unspecified atom stereocenters. The van der Waals surface area contributed by atoms with Gasteiger partial charge in [-0.3, -0.25) is 0 Å². The van der Waals surface area contributed by atoms with E-state index in [9.17, 15) is 4.79 Å². The first kappa shape index (κ1) is 14.9. The fourth-order valence-electron chi connectivity index (χ4n) is 0.813. The first-order valence-electron chi connectivity index (χ1n) is 5.34. The van der Waals surface area contributed by atoms with Gasteiger partial charge in [0.2, 0.25) is 0 Å². The Kier molecular flexibility index (Phi) is 9.15. The summed E-state index contributed by atoms with van der Waals surface area (Å²) in [7, 11) is 0. The number of carbonyl (C=O) groups excluding carboxylic acids is 1. The van der Waals surface area contributed by atoms with Crippen molar-refractivity contribution < 1.29 is 9.90 Å². The third kappa shape index (κ3) is 13.9. The van der Waals surface area contributed by atoms with Crippen LogP contribution in [0.1, 0.15) is 13.8 Å². The molecule has 0 aromatic heterocycles. The number of hydrogen-bond donors (Lipinski definition) is 1. The smallest absolute Gasteiger partial charge is 0.126 e. The topological polar surface area (TPSA) is 37.3 Å². The average Bonchev–Trinajstić information content (AvgIpc) is 2.32. The maximum Gasteiger partial charge on any atom is 0.126 e. The minimum Gasteiger partial charge on any atom is -0.508 e. The molecule has 0 amide bonds. The Labute approximate surface area is 103 Å². The van der Waals surface area contributed by atoms with Crippen LogP contribution in [0.4, 0.5) is 0 Å². The Morgan fingerprint density at radius 3 is 1.18 bits per heavy atom. The van der Waals surface area contributed by atoms with E-state index in [1.165, 1.54) is 13.8 Å². The Morgan fingerprint density at radius 1 is 0.765 bits per heavy atom. The molecule has 2 rings (SSSR count). The minimum atomic E-state index is 0.167. The number of rotatable bonds is 0. The molecule has 17 heavy (non-hydrogen) atoms. The molecular weight excluding hydrogens is 212 g/mol. The molecule has 90 valence electrons. The van der Waals surface area contributed by atoms with Crippen molar-refractivity contribution in [2.45, 2.75) is 13.8 Å². The fourth-order valence-corrected chi connectivity index (χ4v) is 0.813. The second-order valence-electron chi connectivity index (χ2n) is 3.40. The van der Waals surface area contributed by atoms with Crippen LogP contribution in [-0.4, -0.2) is 10.9 Å². The van der Waals surface area contributed by atoms with Crippen LogP contribution in [-0.2, 0) is 4.79 Å². The molecule has 0 spiro atoms. The van der Waals surface area contributed by atoms with Crippen LogP contribution in [0.5, 0.6) is 5.75 Å². The molecular formula is C15H18O2. The summed E-state index contributed by atoms with van der Waals surface area (Å²) < 4.78 is 0. The van der Waals surface area contributed by atoms with Crippen LogP contribution in [0.25, 0.3) is 0 Å². The van der Waals surface area contributed by atoms with Crippen molar-refractivity contribution in [3.63, 3.8) is 0 Å². The highest BCUT2D eigenvalue weighted by Gasteiger charge is 1.74. The highest BCUT2D eigenvalue weighted by Crippen LogP contribution is 2.02. The maximum absolute atomic E-state index is 9.44. The predicted octanol–water partition coefficient (Wildman–Crippen LogP) is 3.67. The minimum absolute atomic E-state index is 0.167. The third-order valence-electron chi connectivity index (χ3n) is 1.42. The fraction of sp³-hybridized carbons (Fsp3) is 0.133. The van der Waals surface area contributed by atoms with Crippen LogP contribution >= 0.6 is 0 Å². The number of phenolic OH excluding ortho intramolecular Hbond substituents is 1. The number of phenols is 1. The second kappa shape index (κ2) is 10.4. The Hall–Kier alpha value is -2.09. The van der Waals surface area contributed by atoms with E-state index in [1.54, 1.807) is 24.3 Å². The summed E-state index contributed by atoms with van der Waals surface area (Å²) in [5, 5.41) is 8.63. The number of Topliss-reactive ketones (excluding diaryl/α,β-unsaturated/α-hetero) is 1. The Morgan fingerprint density at radius 2 is 1.00 bits per heavy atom. The lowest BCUT2D eigenvalue weighted by atomic mass is 10.3. The molecule has 0 aliphatic rings. The summed E-state index contributed by atoms with van der Waals surface area (Å²) in [4.78, 5) is 9.44. The van der Waals surface area contributed by atoms with E-state index in [4.69, 9.17) is 5.11 Å². The van der Waals surface area contributed by atoms with Crippen molar-refractivity contribution in [2.24, 2.45) is 0 Å². The Bertz CT molecular complexity index is 351. The number of benzene rings is 2.